The average Bonchev–Trinajstić information content (AvgIpc) is 2.41. The highest BCUT2D eigenvalue weighted by atomic mass is 19.4. The highest BCUT2D eigenvalue weighted by Crippen LogP contribution is 2.30. The second-order valence-electron chi connectivity index (χ2n) is 4.23. The van der Waals surface area contributed by atoms with E-state index in [2.05, 4.69) is 5.32 Å². The van der Waals surface area contributed by atoms with Crippen molar-refractivity contribution in [1.29, 1.82) is 0 Å². The zero-order valence-electron chi connectivity index (χ0n) is 11.3. The summed E-state index contributed by atoms with van der Waals surface area (Å²) in [6.07, 6.45) is -4.37. The predicted octanol–water partition coefficient (Wildman–Crippen LogP) is 1.76. The summed E-state index contributed by atoms with van der Waals surface area (Å²) in [5.41, 5.74) is -0.748. The van der Waals surface area contributed by atoms with E-state index in [4.69, 9.17) is 4.74 Å². The number of hydrogen-bond donors (Lipinski definition) is 1. The molecule has 0 radical (unpaired) electrons. The van der Waals surface area contributed by atoms with E-state index >= 15 is 0 Å². The van der Waals surface area contributed by atoms with Gasteiger partial charge < -0.3 is 15.0 Å². The van der Waals surface area contributed by atoms with Crippen LogP contribution in [-0.2, 0) is 11.0 Å². The highest BCUT2D eigenvalue weighted by molar-refractivity contribution is 5.77. The van der Waals surface area contributed by atoms with Crippen LogP contribution in [0.4, 0.5) is 13.2 Å². The number of ether oxygens (including phenoxy) is 1. The fourth-order valence-corrected chi connectivity index (χ4v) is 1.40. The Bertz CT molecular complexity index is 432. The first kappa shape index (κ1) is 16.3. The third kappa shape index (κ3) is 5.08. The zero-order valence-corrected chi connectivity index (χ0v) is 11.3. The SMILES string of the molecule is CNCCN(C)C(=O)COc1ccc(C(F)(F)F)cc1. The fourth-order valence-electron chi connectivity index (χ4n) is 1.40. The standard InChI is InChI=1S/C13H17F3N2O2/c1-17-7-8-18(2)12(19)9-20-11-5-3-10(4-6-11)13(14,15)16/h3-6,17H,7-9H2,1-2H3. The lowest BCUT2D eigenvalue weighted by Gasteiger charge is -2.17. The maximum Gasteiger partial charge on any atom is 0.416 e. The molecule has 0 bridgehead atoms. The number of hydrogen-bond acceptors (Lipinski definition) is 3. The van der Waals surface area contributed by atoms with E-state index < -0.39 is 11.7 Å². The van der Waals surface area contributed by atoms with Crippen molar-refractivity contribution >= 4 is 5.91 Å². The molecular weight excluding hydrogens is 273 g/mol. The number of halogens is 3. The number of rotatable bonds is 6. The van der Waals surface area contributed by atoms with Gasteiger partial charge in [-0.1, -0.05) is 0 Å². The molecule has 0 saturated heterocycles. The number of alkyl halides is 3. The van der Waals surface area contributed by atoms with Gasteiger partial charge in [0.15, 0.2) is 6.61 Å². The second-order valence-corrected chi connectivity index (χ2v) is 4.23. The molecule has 4 nitrogen and oxygen atoms in total. The van der Waals surface area contributed by atoms with Crippen LogP contribution in [-0.4, -0.2) is 44.6 Å². The van der Waals surface area contributed by atoms with Crippen LogP contribution in [0.3, 0.4) is 0 Å². The lowest BCUT2D eigenvalue weighted by Crippen LogP contribution is -2.35. The minimum absolute atomic E-state index is 0.203. The lowest BCUT2D eigenvalue weighted by atomic mass is 10.2. The normalized spacial score (nSPS) is 11.2. The van der Waals surface area contributed by atoms with Gasteiger partial charge in [0.25, 0.3) is 5.91 Å². The summed E-state index contributed by atoms with van der Waals surface area (Å²) < 4.78 is 42.2. The van der Waals surface area contributed by atoms with Gasteiger partial charge in [-0.25, -0.2) is 0 Å². The Hall–Kier alpha value is -1.76. The molecule has 0 aliphatic heterocycles. The molecule has 0 aliphatic carbocycles. The van der Waals surface area contributed by atoms with Crippen LogP contribution in [0, 0.1) is 0 Å². The molecule has 0 heterocycles. The molecule has 20 heavy (non-hydrogen) atoms. The number of carbonyl (C=O) groups is 1. The van der Waals surface area contributed by atoms with E-state index in [1.54, 1.807) is 14.1 Å². The Labute approximate surface area is 115 Å². The van der Waals surface area contributed by atoms with Crippen molar-refractivity contribution in [2.24, 2.45) is 0 Å². The zero-order chi connectivity index (χ0) is 15.2. The largest absolute Gasteiger partial charge is 0.484 e. The Morgan fingerprint density at radius 1 is 1.30 bits per heavy atom. The summed E-state index contributed by atoms with van der Waals surface area (Å²) in [6, 6.07) is 4.24. The van der Waals surface area contributed by atoms with Crippen molar-refractivity contribution in [2.75, 3.05) is 33.8 Å². The summed E-state index contributed by atoms with van der Waals surface area (Å²) in [6.45, 7) is 0.986. The maximum absolute atomic E-state index is 12.4. The molecule has 0 aliphatic rings. The number of likely N-dealkylation sites (N-methyl/N-ethyl adjacent to an activating group) is 2. The Kier molecular flexibility index (Phi) is 5.82. The third-order valence-corrected chi connectivity index (χ3v) is 2.67. The summed E-state index contributed by atoms with van der Waals surface area (Å²) in [5, 5.41) is 2.91. The number of nitrogens with one attached hydrogen (secondary N) is 1. The first-order valence-electron chi connectivity index (χ1n) is 6.03. The Morgan fingerprint density at radius 2 is 1.90 bits per heavy atom. The Balaban J connectivity index is 2.48. The van der Waals surface area contributed by atoms with Crippen LogP contribution in [0.25, 0.3) is 0 Å². The van der Waals surface area contributed by atoms with Gasteiger partial charge in [-0.05, 0) is 31.3 Å². The van der Waals surface area contributed by atoms with Gasteiger partial charge in [0.05, 0.1) is 5.56 Å². The fraction of sp³-hybridized carbons (Fsp3) is 0.462. The minimum atomic E-state index is -4.37. The van der Waals surface area contributed by atoms with Crippen molar-refractivity contribution in [3.63, 3.8) is 0 Å². The summed E-state index contributed by atoms with van der Waals surface area (Å²) in [7, 11) is 3.41. The van der Waals surface area contributed by atoms with E-state index in [1.807, 2.05) is 0 Å². The molecule has 1 amide bonds. The lowest BCUT2D eigenvalue weighted by molar-refractivity contribution is -0.137. The van der Waals surface area contributed by atoms with Crippen molar-refractivity contribution in [3.8, 4) is 5.75 Å². The van der Waals surface area contributed by atoms with E-state index in [0.29, 0.717) is 13.1 Å². The van der Waals surface area contributed by atoms with Gasteiger partial charge in [0.2, 0.25) is 0 Å². The van der Waals surface area contributed by atoms with E-state index in [9.17, 15) is 18.0 Å². The van der Waals surface area contributed by atoms with E-state index in [1.165, 1.54) is 17.0 Å². The number of carbonyl (C=O) groups excluding carboxylic acids is 1. The smallest absolute Gasteiger partial charge is 0.416 e. The third-order valence-electron chi connectivity index (χ3n) is 2.67. The second kappa shape index (κ2) is 7.14. The molecular formula is C13H17F3N2O2. The van der Waals surface area contributed by atoms with Crippen molar-refractivity contribution in [2.45, 2.75) is 6.18 Å². The van der Waals surface area contributed by atoms with E-state index in [-0.39, 0.29) is 18.3 Å². The van der Waals surface area contributed by atoms with E-state index in [0.717, 1.165) is 12.1 Å². The summed E-state index contributed by atoms with van der Waals surface area (Å²) in [4.78, 5) is 13.1. The molecule has 1 aromatic carbocycles. The molecule has 1 rings (SSSR count). The minimum Gasteiger partial charge on any atom is -0.484 e. The molecule has 0 saturated carbocycles. The first-order valence-corrected chi connectivity index (χ1v) is 6.03. The number of benzene rings is 1. The molecule has 7 heteroatoms. The van der Waals surface area contributed by atoms with Crippen LogP contribution in [0.5, 0.6) is 5.75 Å². The van der Waals surface area contributed by atoms with Crippen molar-refractivity contribution < 1.29 is 22.7 Å². The van der Waals surface area contributed by atoms with Gasteiger partial charge in [-0.3, -0.25) is 4.79 Å². The summed E-state index contributed by atoms with van der Waals surface area (Å²) in [5.74, 6) is -0.00601. The quantitative estimate of drug-likeness (QED) is 0.868. The van der Waals surface area contributed by atoms with Crippen LogP contribution in [0.1, 0.15) is 5.56 Å². The molecule has 112 valence electrons. The van der Waals surface area contributed by atoms with Crippen LogP contribution < -0.4 is 10.1 Å². The van der Waals surface area contributed by atoms with Crippen LogP contribution in [0.15, 0.2) is 24.3 Å². The molecule has 1 aromatic rings. The average molecular weight is 290 g/mol. The predicted molar refractivity (Wildman–Crippen MR) is 68.5 cm³/mol. The van der Waals surface area contributed by atoms with Crippen LogP contribution >= 0.6 is 0 Å². The maximum atomic E-state index is 12.4. The van der Waals surface area contributed by atoms with Gasteiger partial charge in [-0.2, -0.15) is 13.2 Å². The Morgan fingerprint density at radius 3 is 2.40 bits per heavy atom. The van der Waals surface area contributed by atoms with Crippen molar-refractivity contribution in [1.82, 2.24) is 10.2 Å². The van der Waals surface area contributed by atoms with Crippen LogP contribution in [0.2, 0.25) is 0 Å². The van der Waals surface area contributed by atoms with Gasteiger partial charge in [-0.15, -0.1) is 0 Å². The van der Waals surface area contributed by atoms with Crippen molar-refractivity contribution in [3.05, 3.63) is 29.8 Å². The molecule has 0 spiro atoms. The molecule has 0 fully saturated rings. The molecule has 0 atom stereocenters. The molecule has 1 N–H and O–H groups in total. The summed E-state index contributed by atoms with van der Waals surface area (Å²) >= 11 is 0. The number of nitrogens with zero attached hydrogens (tertiary/aromatic N) is 1. The topological polar surface area (TPSA) is 41.6 Å². The highest BCUT2D eigenvalue weighted by Gasteiger charge is 2.30. The van der Waals surface area contributed by atoms with Gasteiger partial charge in [0.1, 0.15) is 5.75 Å². The molecule has 0 aromatic heterocycles. The first-order chi connectivity index (χ1) is 9.34. The number of amides is 1. The van der Waals surface area contributed by atoms with Gasteiger partial charge >= 0.3 is 6.18 Å². The monoisotopic (exact) mass is 290 g/mol. The molecule has 0 unspecified atom stereocenters. The van der Waals surface area contributed by atoms with Gasteiger partial charge in [0, 0.05) is 20.1 Å².